The maximum Gasteiger partial charge on any atom is 0.272 e. The number of nitrogens with zero attached hydrogens (tertiary/aromatic N) is 2. The largest absolute Gasteiger partial charge is 0.397 e. The first-order valence-electron chi connectivity index (χ1n) is 6.25. The lowest BCUT2D eigenvalue weighted by molar-refractivity contribution is -0.385. The van der Waals surface area contributed by atoms with E-state index in [1.807, 2.05) is 18.2 Å². The number of allylic oxidation sites excluding steroid dienone is 1. The molecule has 0 aliphatic heterocycles. The third-order valence-electron chi connectivity index (χ3n) is 3.15. The Labute approximate surface area is 122 Å². The SMILES string of the molecule is Cc1cc(/C(N)=C(/C#N)c2ccccc2)ccc1[N+](=O)[O-]. The van der Waals surface area contributed by atoms with Gasteiger partial charge in [-0.3, -0.25) is 10.1 Å². The molecule has 0 bridgehead atoms. The molecule has 0 spiro atoms. The Hall–Kier alpha value is -3.13. The Morgan fingerprint density at radius 2 is 1.86 bits per heavy atom. The van der Waals surface area contributed by atoms with E-state index >= 15 is 0 Å². The third-order valence-corrected chi connectivity index (χ3v) is 3.15. The number of nitro benzene ring substituents is 1. The van der Waals surface area contributed by atoms with Crippen LogP contribution < -0.4 is 5.73 Å². The van der Waals surface area contributed by atoms with Gasteiger partial charge in [-0.1, -0.05) is 30.3 Å². The standard InChI is InChI=1S/C16H13N3O2/c1-11-9-13(7-8-15(11)19(20)21)16(18)14(10-17)12-5-3-2-4-6-12/h2-9H,18H2,1H3/b16-14+. The van der Waals surface area contributed by atoms with Crippen molar-refractivity contribution < 1.29 is 4.92 Å². The molecule has 5 heteroatoms. The number of aryl methyl sites for hydroxylation is 1. The number of nitrogens with two attached hydrogens (primary N) is 1. The molecule has 0 amide bonds. The summed E-state index contributed by atoms with van der Waals surface area (Å²) in [6.07, 6.45) is 0. The molecule has 2 aromatic rings. The van der Waals surface area contributed by atoms with Crippen molar-refractivity contribution in [1.82, 2.24) is 0 Å². The van der Waals surface area contributed by atoms with E-state index in [4.69, 9.17) is 5.73 Å². The predicted octanol–water partition coefficient (Wildman–Crippen LogP) is 3.25. The average molecular weight is 279 g/mol. The lowest BCUT2D eigenvalue weighted by atomic mass is 9.99. The molecule has 0 saturated carbocycles. The van der Waals surface area contributed by atoms with Crippen molar-refractivity contribution >= 4 is 17.0 Å². The van der Waals surface area contributed by atoms with Crippen molar-refractivity contribution in [3.8, 4) is 6.07 Å². The first kappa shape index (κ1) is 14.3. The summed E-state index contributed by atoms with van der Waals surface area (Å²) in [4.78, 5) is 10.4. The normalized spacial score (nSPS) is 11.4. The second-order valence-electron chi connectivity index (χ2n) is 4.52. The van der Waals surface area contributed by atoms with Crippen LogP contribution in [0.5, 0.6) is 0 Å². The summed E-state index contributed by atoms with van der Waals surface area (Å²) in [5.41, 5.74) is 8.57. The van der Waals surface area contributed by atoms with E-state index in [0.29, 0.717) is 28.0 Å². The summed E-state index contributed by atoms with van der Waals surface area (Å²) >= 11 is 0. The van der Waals surface area contributed by atoms with Crippen molar-refractivity contribution in [3.05, 3.63) is 75.3 Å². The zero-order chi connectivity index (χ0) is 15.4. The quantitative estimate of drug-likeness (QED) is 0.404. The van der Waals surface area contributed by atoms with Gasteiger partial charge < -0.3 is 5.73 Å². The minimum absolute atomic E-state index is 0.0322. The van der Waals surface area contributed by atoms with E-state index < -0.39 is 4.92 Å². The van der Waals surface area contributed by atoms with E-state index in [-0.39, 0.29) is 5.69 Å². The molecule has 0 radical (unpaired) electrons. The van der Waals surface area contributed by atoms with Gasteiger partial charge in [0, 0.05) is 11.6 Å². The topological polar surface area (TPSA) is 93.0 Å². The molecule has 0 aromatic heterocycles. The van der Waals surface area contributed by atoms with E-state index in [9.17, 15) is 15.4 Å². The molecule has 2 rings (SSSR count). The van der Waals surface area contributed by atoms with Gasteiger partial charge in [0.1, 0.15) is 6.07 Å². The van der Waals surface area contributed by atoms with E-state index in [0.717, 1.165) is 0 Å². The molecule has 21 heavy (non-hydrogen) atoms. The summed E-state index contributed by atoms with van der Waals surface area (Å²) in [7, 11) is 0. The van der Waals surface area contributed by atoms with Gasteiger partial charge in [0.2, 0.25) is 0 Å². The maximum absolute atomic E-state index is 10.8. The molecular weight excluding hydrogens is 266 g/mol. The highest BCUT2D eigenvalue weighted by Crippen LogP contribution is 2.26. The number of rotatable bonds is 3. The van der Waals surface area contributed by atoms with Gasteiger partial charge in [0.25, 0.3) is 5.69 Å². The van der Waals surface area contributed by atoms with Gasteiger partial charge in [0.15, 0.2) is 0 Å². The van der Waals surface area contributed by atoms with Crippen LogP contribution in [-0.4, -0.2) is 4.92 Å². The van der Waals surface area contributed by atoms with Gasteiger partial charge in [-0.25, -0.2) is 0 Å². The smallest absolute Gasteiger partial charge is 0.272 e. The van der Waals surface area contributed by atoms with Crippen LogP contribution >= 0.6 is 0 Å². The minimum Gasteiger partial charge on any atom is -0.397 e. The molecule has 0 aliphatic rings. The second kappa shape index (κ2) is 5.88. The zero-order valence-corrected chi connectivity index (χ0v) is 11.4. The molecule has 104 valence electrons. The van der Waals surface area contributed by atoms with Crippen LogP contribution in [-0.2, 0) is 0 Å². The molecule has 0 heterocycles. The summed E-state index contributed by atoms with van der Waals surface area (Å²) in [5.74, 6) is 0. The Balaban J connectivity index is 2.54. The summed E-state index contributed by atoms with van der Waals surface area (Å²) in [6, 6.07) is 15.8. The molecule has 0 unspecified atom stereocenters. The van der Waals surface area contributed by atoms with Crippen molar-refractivity contribution in [2.45, 2.75) is 6.92 Å². The first-order chi connectivity index (χ1) is 10.0. The first-order valence-corrected chi connectivity index (χ1v) is 6.25. The second-order valence-corrected chi connectivity index (χ2v) is 4.52. The van der Waals surface area contributed by atoms with E-state index in [2.05, 4.69) is 6.07 Å². The lowest BCUT2D eigenvalue weighted by Crippen LogP contribution is -2.02. The van der Waals surface area contributed by atoms with Crippen LogP contribution in [0, 0.1) is 28.4 Å². The fourth-order valence-corrected chi connectivity index (χ4v) is 2.06. The molecule has 0 atom stereocenters. The number of nitro groups is 1. The van der Waals surface area contributed by atoms with Crippen LogP contribution in [0.3, 0.4) is 0 Å². The van der Waals surface area contributed by atoms with Crippen molar-refractivity contribution in [2.75, 3.05) is 0 Å². The molecule has 0 aliphatic carbocycles. The van der Waals surface area contributed by atoms with Crippen molar-refractivity contribution in [2.24, 2.45) is 5.73 Å². The number of benzene rings is 2. The van der Waals surface area contributed by atoms with E-state index in [1.165, 1.54) is 6.07 Å². The van der Waals surface area contributed by atoms with Crippen LogP contribution in [0.25, 0.3) is 11.3 Å². The molecule has 0 saturated heterocycles. The zero-order valence-electron chi connectivity index (χ0n) is 11.4. The highest BCUT2D eigenvalue weighted by atomic mass is 16.6. The monoisotopic (exact) mass is 279 g/mol. The van der Waals surface area contributed by atoms with E-state index in [1.54, 1.807) is 31.2 Å². The molecule has 2 aromatic carbocycles. The summed E-state index contributed by atoms with van der Waals surface area (Å²) in [5, 5.41) is 20.2. The van der Waals surface area contributed by atoms with Crippen molar-refractivity contribution in [3.63, 3.8) is 0 Å². The predicted molar refractivity (Wildman–Crippen MR) is 80.9 cm³/mol. The van der Waals surface area contributed by atoms with Crippen LogP contribution in [0.2, 0.25) is 0 Å². The number of hydrogen-bond donors (Lipinski definition) is 1. The molecule has 5 nitrogen and oxygen atoms in total. The molecule has 0 fully saturated rings. The van der Waals surface area contributed by atoms with Gasteiger partial charge in [-0.05, 0) is 30.2 Å². The fraction of sp³-hybridized carbons (Fsp3) is 0.0625. The van der Waals surface area contributed by atoms with Crippen LogP contribution in [0.4, 0.5) is 5.69 Å². The number of nitriles is 1. The Morgan fingerprint density at radius 3 is 2.38 bits per heavy atom. The highest BCUT2D eigenvalue weighted by Gasteiger charge is 2.13. The summed E-state index contributed by atoms with van der Waals surface area (Å²) in [6.45, 7) is 1.64. The molecule has 2 N–H and O–H groups in total. The third kappa shape index (κ3) is 2.90. The van der Waals surface area contributed by atoms with Gasteiger partial charge >= 0.3 is 0 Å². The minimum atomic E-state index is -0.443. The van der Waals surface area contributed by atoms with Crippen LogP contribution in [0.15, 0.2) is 48.5 Å². The van der Waals surface area contributed by atoms with Crippen LogP contribution in [0.1, 0.15) is 16.7 Å². The van der Waals surface area contributed by atoms with Crippen molar-refractivity contribution in [1.29, 1.82) is 5.26 Å². The van der Waals surface area contributed by atoms with Gasteiger partial charge in [0.05, 0.1) is 16.2 Å². The lowest BCUT2D eigenvalue weighted by Gasteiger charge is -2.07. The average Bonchev–Trinajstić information content (AvgIpc) is 2.48. The Morgan fingerprint density at radius 1 is 1.19 bits per heavy atom. The van der Waals surface area contributed by atoms with Gasteiger partial charge in [-0.15, -0.1) is 0 Å². The summed E-state index contributed by atoms with van der Waals surface area (Å²) < 4.78 is 0. The highest BCUT2D eigenvalue weighted by molar-refractivity contribution is 5.96. The Bertz CT molecular complexity index is 759. The Kier molecular flexibility index (Phi) is 4.00. The van der Waals surface area contributed by atoms with Gasteiger partial charge in [-0.2, -0.15) is 5.26 Å². The molecular formula is C16H13N3O2. The maximum atomic E-state index is 10.8. The number of hydrogen-bond acceptors (Lipinski definition) is 4. The fourth-order valence-electron chi connectivity index (χ4n) is 2.06.